The Labute approximate surface area is 108 Å². The lowest BCUT2D eigenvalue weighted by molar-refractivity contribution is -0.126. The number of halogens is 1. The van der Waals surface area contributed by atoms with E-state index >= 15 is 0 Å². The third kappa shape index (κ3) is 3.06. The number of nitrogens with two attached hydrogens (primary N) is 2. The third-order valence-corrected chi connectivity index (χ3v) is 4.67. The van der Waals surface area contributed by atoms with Crippen molar-refractivity contribution < 1.29 is 4.79 Å². The molecule has 4 N–H and O–H groups in total. The van der Waals surface area contributed by atoms with Crippen molar-refractivity contribution in [2.75, 3.05) is 0 Å². The molecule has 5 heteroatoms. The maximum Gasteiger partial charge on any atom is 0.223 e. The molecule has 0 spiro atoms. The third-order valence-electron chi connectivity index (χ3n) is 2.57. The van der Waals surface area contributed by atoms with E-state index in [0.29, 0.717) is 6.42 Å². The van der Waals surface area contributed by atoms with Gasteiger partial charge in [-0.2, -0.15) is 0 Å². The molecule has 1 unspecified atom stereocenters. The molecule has 1 rings (SSSR count). The molecule has 0 saturated carbocycles. The minimum Gasteiger partial charge on any atom is -0.369 e. The highest BCUT2D eigenvalue weighted by Crippen LogP contribution is 2.36. The topological polar surface area (TPSA) is 69.1 Å². The lowest BCUT2D eigenvalue weighted by Crippen LogP contribution is -2.34. The van der Waals surface area contributed by atoms with Crippen molar-refractivity contribution in [2.45, 2.75) is 33.2 Å². The molecule has 0 bridgehead atoms. The first-order valence-electron chi connectivity index (χ1n) is 5.05. The molecule has 3 nitrogen and oxygen atoms in total. The molecule has 0 aliphatic carbocycles. The minimum atomic E-state index is -0.573. The number of thiophene rings is 1. The van der Waals surface area contributed by atoms with Crippen LogP contribution in [0.15, 0.2) is 10.5 Å². The second kappa shape index (κ2) is 4.85. The van der Waals surface area contributed by atoms with Gasteiger partial charge in [0.1, 0.15) is 0 Å². The lowest BCUT2D eigenvalue weighted by atomic mass is 9.85. The zero-order valence-electron chi connectivity index (χ0n) is 9.71. The number of carbonyl (C=O) groups excluding carboxylic acids is 1. The fourth-order valence-corrected chi connectivity index (χ4v) is 3.44. The molecule has 1 amide bonds. The summed E-state index contributed by atoms with van der Waals surface area (Å²) in [7, 11) is 0. The lowest BCUT2D eigenvalue weighted by Gasteiger charge is -2.24. The quantitative estimate of drug-likeness (QED) is 0.898. The number of hydrogen-bond donors (Lipinski definition) is 2. The summed E-state index contributed by atoms with van der Waals surface area (Å²) in [4.78, 5) is 13.5. The first-order chi connectivity index (χ1) is 7.24. The Morgan fingerprint density at radius 1 is 1.62 bits per heavy atom. The van der Waals surface area contributed by atoms with Gasteiger partial charge in [0, 0.05) is 25.7 Å². The van der Waals surface area contributed by atoms with Crippen LogP contribution in [-0.2, 0) is 4.79 Å². The Hall–Kier alpha value is -0.390. The summed E-state index contributed by atoms with van der Waals surface area (Å²) < 4.78 is 1.02. The Morgan fingerprint density at radius 3 is 2.56 bits per heavy atom. The van der Waals surface area contributed by atoms with Crippen LogP contribution in [0.3, 0.4) is 0 Å². The zero-order valence-corrected chi connectivity index (χ0v) is 12.1. The molecule has 1 aromatic rings. The molecule has 0 radical (unpaired) electrons. The molecule has 1 aromatic heterocycles. The van der Waals surface area contributed by atoms with E-state index in [9.17, 15) is 4.79 Å². The molecule has 0 aliphatic heterocycles. The minimum absolute atomic E-state index is 0.157. The predicted molar refractivity (Wildman–Crippen MR) is 71.3 cm³/mol. The van der Waals surface area contributed by atoms with E-state index in [1.165, 1.54) is 4.88 Å². The molecular formula is C11H17BrN2OS. The molecule has 0 aliphatic rings. The van der Waals surface area contributed by atoms with E-state index in [4.69, 9.17) is 11.5 Å². The van der Waals surface area contributed by atoms with Crippen molar-refractivity contribution in [1.29, 1.82) is 0 Å². The van der Waals surface area contributed by atoms with E-state index in [1.807, 2.05) is 26.8 Å². The Balaban J connectivity index is 2.84. The maximum atomic E-state index is 11.2. The Morgan fingerprint density at radius 2 is 2.19 bits per heavy atom. The van der Waals surface area contributed by atoms with Crippen molar-refractivity contribution >= 4 is 33.2 Å². The normalized spacial score (nSPS) is 13.8. The van der Waals surface area contributed by atoms with Gasteiger partial charge >= 0.3 is 0 Å². The molecule has 1 heterocycles. The van der Waals surface area contributed by atoms with Gasteiger partial charge in [-0.1, -0.05) is 13.8 Å². The summed E-state index contributed by atoms with van der Waals surface area (Å²) >= 11 is 5.13. The van der Waals surface area contributed by atoms with Gasteiger partial charge in [0.25, 0.3) is 0 Å². The van der Waals surface area contributed by atoms with Crippen LogP contribution in [-0.4, -0.2) is 5.91 Å². The fourth-order valence-electron chi connectivity index (χ4n) is 1.50. The van der Waals surface area contributed by atoms with Crippen LogP contribution >= 0.6 is 27.3 Å². The molecule has 0 fully saturated rings. The summed E-state index contributed by atoms with van der Waals surface area (Å²) in [5.41, 5.74) is 10.9. The average Bonchev–Trinajstić information content (AvgIpc) is 2.44. The summed E-state index contributed by atoms with van der Waals surface area (Å²) in [5, 5.41) is 0. The van der Waals surface area contributed by atoms with Crippen molar-refractivity contribution in [3.8, 4) is 0 Å². The highest BCUT2D eigenvalue weighted by Gasteiger charge is 2.29. The van der Waals surface area contributed by atoms with Crippen LogP contribution < -0.4 is 11.5 Å². The second-order valence-electron chi connectivity index (χ2n) is 4.63. The van der Waals surface area contributed by atoms with E-state index in [0.717, 1.165) is 9.35 Å². The van der Waals surface area contributed by atoms with Gasteiger partial charge in [-0.05, 0) is 35.3 Å². The van der Waals surface area contributed by atoms with E-state index in [1.54, 1.807) is 11.3 Å². The van der Waals surface area contributed by atoms with Gasteiger partial charge in [-0.3, -0.25) is 4.79 Å². The van der Waals surface area contributed by atoms with Gasteiger partial charge < -0.3 is 11.5 Å². The second-order valence-corrected chi connectivity index (χ2v) is 6.77. The van der Waals surface area contributed by atoms with Crippen LogP contribution in [0.25, 0.3) is 0 Å². The van der Waals surface area contributed by atoms with E-state index in [-0.39, 0.29) is 11.9 Å². The molecular weight excluding hydrogens is 288 g/mol. The fraction of sp³-hybridized carbons (Fsp3) is 0.545. The SMILES string of the molecule is Cc1cc(Br)c(C(N)CC(C)(C)C(N)=O)s1. The largest absolute Gasteiger partial charge is 0.369 e. The van der Waals surface area contributed by atoms with Crippen molar-refractivity contribution in [3.63, 3.8) is 0 Å². The molecule has 0 aromatic carbocycles. The summed E-state index contributed by atoms with van der Waals surface area (Å²) in [6.07, 6.45) is 0.556. The van der Waals surface area contributed by atoms with Crippen molar-refractivity contribution in [2.24, 2.45) is 16.9 Å². The predicted octanol–water partition coefficient (Wildman–Crippen LogP) is 2.72. The van der Waals surface area contributed by atoms with Gasteiger partial charge in [-0.25, -0.2) is 0 Å². The van der Waals surface area contributed by atoms with Crippen LogP contribution in [0, 0.1) is 12.3 Å². The summed E-state index contributed by atoms with van der Waals surface area (Å²) in [5.74, 6) is -0.313. The van der Waals surface area contributed by atoms with Crippen LogP contribution in [0.4, 0.5) is 0 Å². The molecule has 16 heavy (non-hydrogen) atoms. The number of aryl methyl sites for hydroxylation is 1. The number of amides is 1. The van der Waals surface area contributed by atoms with Gasteiger partial charge in [-0.15, -0.1) is 11.3 Å². The highest BCUT2D eigenvalue weighted by molar-refractivity contribution is 9.10. The van der Waals surface area contributed by atoms with Crippen molar-refractivity contribution in [1.82, 2.24) is 0 Å². The van der Waals surface area contributed by atoms with Crippen LogP contribution in [0.1, 0.15) is 36.1 Å². The van der Waals surface area contributed by atoms with Gasteiger partial charge in [0.15, 0.2) is 0 Å². The van der Waals surface area contributed by atoms with Crippen LogP contribution in [0.5, 0.6) is 0 Å². The molecule has 0 saturated heterocycles. The maximum absolute atomic E-state index is 11.2. The van der Waals surface area contributed by atoms with Crippen LogP contribution in [0.2, 0.25) is 0 Å². The Bertz CT molecular complexity index is 401. The standard InChI is InChI=1S/C11H17BrN2OS/c1-6-4-7(12)9(16-6)8(13)5-11(2,3)10(14)15/h4,8H,5,13H2,1-3H3,(H2,14,15). The Kier molecular flexibility index (Phi) is 4.15. The molecule has 90 valence electrons. The summed E-state index contributed by atoms with van der Waals surface area (Å²) in [6.45, 7) is 5.68. The number of primary amides is 1. The van der Waals surface area contributed by atoms with E-state index in [2.05, 4.69) is 15.9 Å². The zero-order chi connectivity index (χ0) is 12.5. The van der Waals surface area contributed by atoms with Gasteiger partial charge in [0.05, 0.1) is 0 Å². The first-order valence-corrected chi connectivity index (χ1v) is 6.66. The first kappa shape index (κ1) is 13.7. The molecule has 1 atom stereocenters. The smallest absolute Gasteiger partial charge is 0.223 e. The van der Waals surface area contributed by atoms with Gasteiger partial charge in [0.2, 0.25) is 5.91 Å². The number of hydrogen-bond acceptors (Lipinski definition) is 3. The monoisotopic (exact) mass is 304 g/mol. The van der Waals surface area contributed by atoms with Crippen molar-refractivity contribution in [3.05, 3.63) is 20.3 Å². The average molecular weight is 305 g/mol. The number of rotatable bonds is 4. The number of carbonyl (C=O) groups is 1. The van der Waals surface area contributed by atoms with E-state index < -0.39 is 5.41 Å². The summed E-state index contributed by atoms with van der Waals surface area (Å²) in [6, 6.07) is 1.88. The highest BCUT2D eigenvalue weighted by atomic mass is 79.9.